The van der Waals surface area contributed by atoms with E-state index in [2.05, 4.69) is 52.7 Å². The van der Waals surface area contributed by atoms with Crippen LogP contribution in [0.1, 0.15) is 92.8 Å². The molecule has 0 radical (unpaired) electrons. The number of carbonyl (C=O) groups excluding carboxylic acids is 1. The van der Waals surface area contributed by atoms with Crippen molar-refractivity contribution >= 4 is 5.78 Å². The molecule has 0 amide bonds. The first kappa shape index (κ1) is 26.5. The SMILES string of the molecule is CCC(CC)(c1ccc(OC(C)C(O)C(C)(C)C)c(C)c1)c1ccc(C(=O)c2nn[nH]n2)c(C)c1. The first-order valence-corrected chi connectivity index (χ1v) is 12.3. The normalized spacial score (nSPS) is 14.0. The van der Waals surface area contributed by atoms with Crippen molar-refractivity contribution in [1.29, 1.82) is 0 Å². The Bertz CT molecular complexity index is 1160. The van der Waals surface area contributed by atoms with E-state index in [1.54, 1.807) is 0 Å². The van der Waals surface area contributed by atoms with Gasteiger partial charge in [-0.15, -0.1) is 10.2 Å². The summed E-state index contributed by atoms with van der Waals surface area (Å²) in [4.78, 5) is 12.8. The van der Waals surface area contributed by atoms with Crippen LogP contribution in [0.15, 0.2) is 36.4 Å². The third kappa shape index (κ3) is 5.30. The van der Waals surface area contributed by atoms with Gasteiger partial charge in [-0.3, -0.25) is 4.79 Å². The number of ether oxygens (including phenoxy) is 1. The first-order valence-electron chi connectivity index (χ1n) is 12.3. The lowest BCUT2D eigenvalue weighted by atomic mass is 9.69. The maximum absolute atomic E-state index is 12.8. The van der Waals surface area contributed by atoms with Crippen LogP contribution in [0.3, 0.4) is 0 Å². The fraction of sp³-hybridized carbons (Fsp3) is 0.500. The molecule has 1 heterocycles. The van der Waals surface area contributed by atoms with Crippen molar-refractivity contribution in [1.82, 2.24) is 20.6 Å². The molecule has 188 valence electrons. The number of nitrogens with one attached hydrogen (secondary N) is 1. The summed E-state index contributed by atoms with van der Waals surface area (Å²) in [5.41, 5.74) is 4.37. The van der Waals surface area contributed by atoms with Gasteiger partial charge in [0.2, 0.25) is 11.6 Å². The standard InChI is InChI=1S/C28H38N4O3/c1-9-28(10-2,20-11-13-22(17(3)15-20)24(33)26-29-31-32-30-26)21-12-14-23(18(4)16-21)35-19(5)25(34)27(6,7)8/h11-16,19,25,34H,9-10H2,1-8H3,(H,29,30,31,32). The molecule has 0 fully saturated rings. The number of aromatic nitrogens is 4. The van der Waals surface area contributed by atoms with E-state index in [0.29, 0.717) is 5.56 Å². The molecule has 35 heavy (non-hydrogen) atoms. The maximum Gasteiger partial charge on any atom is 0.245 e. The molecule has 7 nitrogen and oxygen atoms in total. The highest BCUT2D eigenvalue weighted by Crippen LogP contribution is 2.41. The van der Waals surface area contributed by atoms with E-state index in [4.69, 9.17) is 4.74 Å². The van der Waals surface area contributed by atoms with Crippen molar-refractivity contribution < 1.29 is 14.6 Å². The minimum atomic E-state index is -0.580. The highest BCUT2D eigenvalue weighted by atomic mass is 16.5. The van der Waals surface area contributed by atoms with Gasteiger partial charge in [-0.05, 0) is 72.6 Å². The molecule has 2 N–H and O–H groups in total. The van der Waals surface area contributed by atoms with Gasteiger partial charge >= 0.3 is 0 Å². The van der Waals surface area contributed by atoms with Crippen molar-refractivity contribution in [2.24, 2.45) is 5.41 Å². The molecule has 0 spiro atoms. The highest BCUT2D eigenvalue weighted by Gasteiger charge is 2.33. The Labute approximate surface area is 208 Å². The lowest BCUT2D eigenvalue weighted by Gasteiger charge is -2.35. The van der Waals surface area contributed by atoms with Crippen LogP contribution < -0.4 is 4.74 Å². The summed E-state index contributed by atoms with van der Waals surface area (Å²) < 4.78 is 6.16. The first-order chi connectivity index (χ1) is 16.4. The zero-order chi connectivity index (χ0) is 26.0. The number of ketones is 1. The molecule has 0 aliphatic carbocycles. The van der Waals surface area contributed by atoms with Gasteiger partial charge in [0.1, 0.15) is 11.9 Å². The van der Waals surface area contributed by atoms with Gasteiger partial charge in [0.25, 0.3) is 0 Å². The Kier molecular flexibility index (Phi) is 7.80. The largest absolute Gasteiger partial charge is 0.488 e. The van der Waals surface area contributed by atoms with E-state index in [9.17, 15) is 9.90 Å². The maximum atomic E-state index is 12.8. The van der Waals surface area contributed by atoms with Gasteiger partial charge in [0.05, 0.1) is 6.10 Å². The fourth-order valence-corrected chi connectivity index (χ4v) is 4.88. The van der Waals surface area contributed by atoms with Gasteiger partial charge < -0.3 is 9.84 Å². The highest BCUT2D eigenvalue weighted by molar-refractivity contribution is 6.07. The molecule has 0 saturated heterocycles. The van der Waals surface area contributed by atoms with E-state index < -0.39 is 6.10 Å². The molecule has 0 aliphatic heterocycles. The Morgan fingerprint density at radius 3 is 2.11 bits per heavy atom. The summed E-state index contributed by atoms with van der Waals surface area (Å²) in [6.07, 6.45) is 0.900. The summed E-state index contributed by atoms with van der Waals surface area (Å²) >= 11 is 0. The number of aromatic amines is 1. The van der Waals surface area contributed by atoms with Crippen LogP contribution in [-0.4, -0.2) is 43.7 Å². The number of rotatable bonds is 9. The van der Waals surface area contributed by atoms with Gasteiger partial charge in [0, 0.05) is 11.0 Å². The zero-order valence-corrected chi connectivity index (χ0v) is 22.1. The summed E-state index contributed by atoms with van der Waals surface area (Å²) in [7, 11) is 0. The van der Waals surface area contributed by atoms with E-state index in [0.717, 1.165) is 35.3 Å². The number of benzene rings is 2. The third-order valence-corrected chi connectivity index (χ3v) is 7.15. The Balaban J connectivity index is 1.94. The number of aliphatic hydroxyl groups excluding tert-OH is 1. The Hall–Kier alpha value is -3.06. The second-order valence-corrected chi connectivity index (χ2v) is 10.5. The van der Waals surface area contributed by atoms with Gasteiger partial charge in [-0.25, -0.2) is 0 Å². The van der Waals surface area contributed by atoms with Gasteiger partial charge in [-0.2, -0.15) is 5.21 Å². The van der Waals surface area contributed by atoms with E-state index in [1.165, 1.54) is 5.56 Å². The predicted molar refractivity (Wildman–Crippen MR) is 137 cm³/mol. The topological polar surface area (TPSA) is 101 Å². The van der Waals surface area contributed by atoms with Gasteiger partial charge in [-0.1, -0.05) is 65.0 Å². The second kappa shape index (κ2) is 10.3. The van der Waals surface area contributed by atoms with Crippen LogP contribution in [0, 0.1) is 19.3 Å². The van der Waals surface area contributed by atoms with Crippen LogP contribution in [-0.2, 0) is 5.41 Å². The summed E-state index contributed by atoms with van der Waals surface area (Å²) in [6, 6.07) is 12.3. The molecule has 2 unspecified atom stereocenters. The summed E-state index contributed by atoms with van der Waals surface area (Å²) in [6.45, 7) is 16.3. The minimum Gasteiger partial charge on any atom is -0.488 e. The number of aliphatic hydroxyl groups is 1. The molecular formula is C28H38N4O3. The number of nitrogens with zero attached hydrogens (tertiary/aromatic N) is 3. The quantitative estimate of drug-likeness (QED) is 0.403. The molecule has 0 aliphatic rings. The summed E-state index contributed by atoms with van der Waals surface area (Å²) in [5.74, 6) is 0.600. The Morgan fingerprint density at radius 1 is 1.03 bits per heavy atom. The average molecular weight is 479 g/mol. The van der Waals surface area contributed by atoms with Crippen molar-refractivity contribution in [3.63, 3.8) is 0 Å². The zero-order valence-electron chi connectivity index (χ0n) is 22.1. The summed E-state index contributed by atoms with van der Waals surface area (Å²) in [5, 5.41) is 24.1. The number of carbonyl (C=O) groups is 1. The Morgan fingerprint density at radius 2 is 1.63 bits per heavy atom. The molecule has 2 aromatic carbocycles. The molecule has 0 bridgehead atoms. The van der Waals surface area contributed by atoms with E-state index >= 15 is 0 Å². The number of H-pyrrole nitrogens is 1. The number of hydrogen-bond acceptors (Lipinski definition) is 6. The van der Waals surface area contributed by atoms with E-state index in [-0.39, 0.29) is 28.5 Å². The van der Waals surface area contributed by atoms with Crippen molar-refractivity contribution in [3.05, 3.63) is 70.0 Å². The number of hydrogen-bond donors (Lipinski definition) is 2. The van der Waals surface area contributed by atoms with Crippen LogP contribution in [0.4, 0.5) is 0 Å². The fourth-order valence-electron chi connectivity index (χ4n) is 4.88. The van der Waals surface area contributed by atoms with Crippen molar-refractivity contribution in [2.75, 3.05) is 0 Å². The van der Waals surface area contributed by atoms with Crippen LogP contribution in [0.25, 0.3) is 0 Å². The van der Waals surface area contributed by atoms with Crippen LogP contribution in [0.5, 0.6) is 5.75 Å². The van der Waals surface area contributed by atoms with E-state index in [1.807, 2.05) is 59.7 Å². The monoisotopic (exact) mass is 478 g/mol. The number of aryl methyl sites for hydroxylation is 2. The lowest BCUT2D eigenvalue weighted by Crippen LogP contribution is -2.39. The molecule has 2 atom stereocenters. The molecule has 0 saturated carbocycles. The molecule has 1 aromatic heterocycles. The minimum absolute atomic E-state index is 0.0649. The smallest absolute Gasteiger partial charge is 0.245 e. The molecule has 3 aromatic rings. The van der Waals surface area contributed by atoms with Crippen molar-refractivity contribution in [3.8, 4) is 5.75 Å². The number of tetrazole rings is 1. The molecular weight excluding hydrogens is 440 g/mol. The second-order valence-electron chi connectivity index (χ2n) is 10.5. The molecule has 3 rings (SSSR count). The average Bonchev–Trinajstić information content (AvgIpc) is 3.35. The van der Waals surface area contributed by atoms with Crippen molar-refractivity contribution in [2.45, 2.75) is 85.9 Å². The lowest BCUT2D eigenvalue weighted by molar-refractivity contribution is -0.0234. The van der Waals surface area contributed by atoms with Crippen LogP contribution in [0.2, 0.25) is 0 Å². The van der Waals surface area contributed by atoms with Gasteiger partial charge in [0.15, 0.2) is 0 Å². The third-order valence-electron chi connectivity index (χ3n) is 7.15. The predicted octanol–water partition coefficient (Wildman–Crippen LogP) is 5.33. The molecule has 7 heteroatoms. The van der Waals surface area contributed by atoms with Crippen LogP contribution >= 0.6 is 0 Å².